The fourth-order valence-corrected chi connectivity index (χ4v) is 5.16. The highest BCUT2D eigenvalue weighted by Gasteiger charge is 2.29. The first-order chi connectivity index (χ1) is 12.2. The molecule has 0 saturated carbocycles. The summed E-state index contributed by atoms with van der Waals surface area (Å²) >= 11 is 0. The van der Waals surface area contributed by atoms with Crippen molar-refractivity contribution in [1.29, 1.82) is 0 Å². The average molecular weight is 351 g/mol. The van der Waals surface area contributed by atoms with E-state index in [1.54, 1.807) is 7.11 Å². The fourth-order valence-electron chi connectivity index (χ4n) is 2.90. The fraction of sp³-hybridized carbons (Fsp3) is 0.182. The zero-order valence-electron chi connectivity index (χ0n) is 14.9. The summed E-state index contributed by atoms with van der Waals surface area (Å²) in [5, 5.41) is 0. The molecule has 0 atom stereocenters. The van der Waals surface area contributed by atoms with E-state index >= 15 is 0 Å². The molecular weight excluding hydrogens is 328 g/mol. The van der Waals surface area contributed by atoms with Gasteiger partial charge in [0.25, 0.3) is 0 Å². The molecule has 0 saturated heterocycles. The SMILES string of the molecule is COCOc1c(C)cc([S+](c2ccccc2)c2ccccc2)cc1C. The number of rotatable bonds is 6. The lowest BCUT2D eigenvalue weighted by Gasteiger charge is -2.14. The van der Waals surface area contributed by atoms with Crippen LogP contribution in [0.2, 0.25) is 0 Å². The lowest BCUT2D eigenvalue weighted by atomic mass is 10.1. The van der Waals surface area contributed by atoms with Gasteiger partial charge in [-0.05, 0) is 49.2 Å². The molecule has 0 amide bonds. The Morgan fingerprint density at radius 3 is 1.64 bits per heavy atom. The third-order valence-corrected chi connectivity index (χ3v) is 6.14. The third kappa shape index (κ3) is 4.06. The molecule has 0 N–H and O–H groups in total. The molecule has 3 heteroatoms. The van der Waals surface area contributed by atoms with E-state index in [1.165, 1.54) is 14.7 Å². The maximum atomic E-state index is 5.74. The van der Waals surface area contributed by atoms with Crippen molar-refractivity contribution in [3.05, 3.63) is 83.9 Å². The van der Waals surface area contributed by atoms with Crippen LogP contribution in [0.15, 0.2) is 87.5 Å². The number of ether oxygens (including phenoxy) is 2. The van der Waals surface area contributed by atoms with E-state index in [9.17, 15) is 0 Å². The molecule has 3 aromatic rings. The number of methoxy groups -OCH3 is 1. The van der Waals surface area contributed by atoms with Gasteiger partial charge in [-0.1, -0.05) is 36.4 Å². The molecular formula is C22H23O2S+. The third-order valence-electron chi connectivity index (χ3n) is 3.95. The van der Waals surface area contributed by atoms with Gasteiger partial charge in [-0.15, -0.1) is 0 Å². The van der Waals surface area contributed by atoms with Gasteiger partial charge in [0.05, 0.1) is 10.9 Å². The highest BCUT2D eigenvalue weighted by atomic mass is 32.2. The van der Waals surface area contributed by atoms with Crippen LogP contribution in [0, 0.1) is 13.8 Å². The molecule has 0 heterocycles. The van der Waals surface area contributed by atoms with E-state index in [0.29, 0.717) is 0 Å². The zero-order valence-corrected chi connectivity index (χ0v) is 15.7. The van der Waals surface area contributed by atoms with Crippen LogP contribution in [0.4, 0.5) is 0 Å². The first-order valence-electron chi connectivity index (χ1n) is 8.28. The Kier molecular flexibility index (Phi) is 5.79. The van der Waals surface area contributed by atoms with E-state index in [2.05, 4.69) is 86.6 Å². The lowest BCUT2D eigenvalue weighted by molar-refractivity contribution is 0.0501. The highest BCUT2D eigenvalue weighted by molar-refractivity contribution is 7.97. The maximum Gasteiger partial charge on any atom is 0.188 e. The Morgan fingerprint density at radius 1 is 0.720 bits per heavy atom. The van der Waals surface area contributed by atoms with Crippen LogP contribution in [-0.2, 0) is 15.6 Å². The van der Waals surface area contributed by atoms with Crippen LogP contribution in [-0.4, -0.2) is 13.9 Å². The minimum Gasteiger partial charge on any atom is -0.467 e. The molecule has 2 nitrogen and oxygen atoms in total. The van der Waals surface area contributed by atoms with Crippen LogP contribution in [0.1, 0.15) is 11.1 Å². The van der Waals surface area contributed by atoms with Crippen LogP contribution in [0.3, 0.4) is 0 Å². The maximum absolute atomic E-state index is 5.74. The van der Waals surface area contributed by atoms with Crippen LogP contribution in [0.25, 0.3) is 0 Å². The summed E-state index contributed by atoms with van der Waals surface area (Å²) in [5.74, 6) is 0.912. The molecule has 0 spiro atoms. The van der Waals surface area contributed by atoms with Crippen molar-refractivity contribution in [3.8, 4) is 5.75 Å². The Bertz CT molecular complexity index is 753. The van der Waals surface area contributed by atoms with Crippen molar-refractivity contribution >= 4 is 10.9 Å². The second-order valence-corrected chi connectivity index (χ2v) is 7.90. The molecule has 0 radical (unpaired) electrons. The molecule has 0 aromatic heterocycles. The van der Waals surface area contributed by atoms with E-state index in [4.69, 9.17) is 9.47 Å². The van der Waals surface area contributed by atoms with Gasteiger partial charge in [0.2, 0.25) is 0 Å². The second-order valence-electron chi connectivity index (χ2n) is 5.87. The second kappa shape index (κ2) is 8.24. The van der Waals surface area contributed by atoms with E-state index < -0.39 is 0 Å². The number of hydrogen-bond donors (Lipinski definition) is 0. The lowest BCUT2D eigenvalue weighted by Crippen LogP contribution is -2.07. The first kappa shape index (κ1) is 17.6. The molecule has 25 heavy (non-hydrogen) atoms. The van der Waals surface area contributed by atoms with Crippen LogP contribution < -0.4 is 4.74 Å². The molecule has 0 aliphatic rings. The number of aryl methyl sites for hydroxylation is 2. The number of benzene rings is 3. The average Bonchev–Trinajstić information content (AvgIpc) is 2.63. The summed E-state index contributed by atoms with van der Waals surface area (Å²) in [7, 11) is 1.50. The van der Waals surface area contributed by atoms with Gasteiger partial charge in [-0.3, -0.25) is 0 Å². The van der Waals surface area contributed by atoms with E-state index in [1.807, 2.05) is 0 Å². The van der Waals surface area contributed by atoms with Gasteiger partial charge >= 0.3 is 0 Å². The topological polar surface area (TPSA) is 18.5 Å². The minimum absolute atomic E-state index is 0.136. The van der Waals surface area contributed by atoms with Crippen molar-refractivity contribution in [2.24, 2.45) is 0 Å². The number of hydrogen-bond acceptors (Lipinski definition) is 2. The van der Waals surface area contributed by atoms with Gasteiger partial charge in [0.1, 0.15) is 5.75 Å². The predicted molar refractivity (Wildman–Crippen MR) is 103 cm³/mol. The Balaban J connectivity index is 2.08. The largest absolute Gasteiger partial charge is 0.467 e. The van der Waals surface area contributed by atoms with Gasteiger partial charge in [0.15, 0.2) is 21.5 Å². The molecule has 0 bridgehead atoms. The smallest absolute Gasteiger partial charge is 0.188 e. The first-order valence-corrected chi connectivity index (χ1v) is 9.50. The highest BCUT2D eigenvalue weighted by Crippen LogP contribution is 2.35. The molecule has 3 aromatic carbocycles. The molecule has 0 fully saturated rings. The Hall–Kier alpha value is -2.23. The van der Waals surface area contributed by atoms with E-state index in [-0.39, 0.29) is 17.7 Å². The molecule has 0 unspecified atom stereocenters. The summed E-state index contributed by atoms with van der Waals surface area (Å²) in [5.41, 5.74) is 2.27. The zero-order chi connectivity index (χ0) is 17.6. The summed E-state index contributed by atoms with van der Waals surface area (Å²) in [6.45, 7) is 4.46. The summed E-state index contributed by atoms with van der Waals surface area (Å²) in [6, 6.07) is 25.8. The molecule has 128 valence electrons. The molecule has 0 aliphatic heterocycles. The minimum atomic E-state index is -0.136. The van der Waals surface area contributed by atoms with Crippen molar-refractivity contribution in [1.82, 2.24) is 0 Å². The normalized spacial score (nSPS) is 10.9. The van der Waals surface area contributed by atoms with E-state index in [0.717, 1.165) is 16.9 Å². The summed E-state index contributed by atoms with van der Waals surface area (Å²) < 4.78 is 10.8. The van der Waals surface area contributed by atoms with Gasteiger partial charge in [0, 0.05) is 19.2 Å². The summed E-state index contributed by atoms with van der Waals surface area (Å²) in [6.07, 6.45) is 0. The summed E-state index contributed by atoms with van der Waals surface area (Å²) in [4.78, 5) is 3.94. The Morgan fingerprint density at radius 2 is 1.20 bits per heavy atom. The van der Waals surface area contributed by atoms with Crippen molar-refractivity contribution in [2.75, 3.05) is 13.9 Å². The quantitative estimate of drug-likeness (QED) is 0.438. The Labute approximate surface area is 152 Å². The molecule has 3 rings (SSSR count). The van der Waals surface area contributed by atoms with Crippen molar-refractivity contribution in [3.63, 3.8) is 0 Å². The predicted octanol–water partition coefficient (Wildman–Crippen LogP) is 5.38. The monoisotopic (exact) mass is 351 g/mol. The van der Waals surface area contributed by atoms with Gasteiger partial charge < -0.3 is 9.47 Å². The standard InChI is InChI=1S/C22H23O2S/c1-17-14-21(15-18(2)22(17)24-16-23-3)25(19-10-6-4-7-11-19)20-12-8-5-9-13-20/h4-15H,16H2,1-3H3/q+1. The van der Waals surface area contributed by atoms with Crippen LogP contribution in [0.5, 0.6) is 5.75 Å². The van der Waals surface area contributed by atoms with Crippen molar-refractivity contribution < 1.29 is 9.47 Å². The van der Waals surface area contributed by atoms with Crippen LogP contribution >= 0.6 is 0 Å². The van der Waals surface area contributed by atoms with Gasteiger partial charge in [-0.25, -0.2) is 0 Å². The molecule has 0 aliphatic carbocycles. The van der Waals surface area contributed by atoms with Gasteiger partial charge in [-0.2, -0.15) is 0 Å². The van der Waals surface area contributed by atoms with Crippen molar-refractivity contribution in [2.45, 2.75) is 28.5 Å².